The minimum absolute atomic E-state index is 0.760. The molecular formula is C13H25N. The Labute approximate surface area is 89.3 Å². The van der Waals surface area contributed by atoms with E-state index >= 15 is 0 Å². The second kappa shape index (κ2) is 7.78. The molecule has 1 nitrogen and oxygen atoms in total. The van der Waals surface area contributed by atoms with Crippen molar-refractivity contribution in [1.82, 2.24) is 0 Å². The predicted octanol–water partition coefficient (Wildman–Crippen LogP) is 4.10. The number of rotatable bonds is 6. The first kappa shape index (κ1) is 13.4. The zero-order chi connectivity index (χ0) is 11.0. The van der Waals surface area contributed by atoms with Gasteiger partial charge in [0, 0.05) is 12.8 Å². The zero-order valence-corrected chi connectivity index (χ0v) is 10.4. The molecule has 0 rings (SSSR count). The van der Waals surface area contributed by atoms with Gasteiger partial charge < -0.3 is 0 Å². The highest BCUT2D eigenvalue weighted by Gasteiger charge is 2.06. The lowest BCUT2D eigenvalue weighted by Gasteiger charge is -2.14. The summed E-state index contributed by atoms with van der Waals surface area (Å²) in [5.74, 6) is 1.55. The molecule has 82 valence electrons. The van der Waals surface area contributed by atoms with Crippen molar-refractivity contribution in [2.45, 2.75) is 47.5 Å². The van der Waals surface area contributed by atoms with E-state index in [1.807, 2.05) is 13.1 Å². The second-order valence-corrected chi connectivity index (χ2v) is 4.43. The lowest BCUT2D eigenvalue weighted by atomic mass is 9.95. The van der Waals surface area contributed by atoms with E-state index in [0.29, 0.717) is 0 Å². The fourth-order valence-corrected chi connectivity index (χ4v) is 1.46. The summed E-state index contributed by atoms with van der Waals surface area (Å²) in [5, 5.41) is 0. The molecule has 0 aliphatic rings. The fourth-order valence-electron chi connectivity index (χ4n) is 1.46. The first-order chi connectivity index (χ1) is 6.60. The van der Waals surface area contributed by atoms with Gasteiger partial charge in [0.25, 0.3) is 0 Å². The van der Waals surface area contributed by atoms with Crippen LogP contribution in [0.15, 0.2) is 16.6 Å². The van der Waals surface area contributed by atoms with Crippen LogP contribution in [0.4, 0.5) is 0 Å². The number of hydrogen-bond acceptors (Lipinski definition) is 1. The third-order valence-electron chi connectivity index (χ3n) is 2.50. The van der Waals surface area contributed by atoms with Gasteiger partial charge in [0.1, 0.15) is 0 Å². The van der Waals surface area contributed by atoms with Crippen molar-refractivity contribution in [3.63, 3.8) is 0 Å². The van der Waals surface area contributed by atoms with Gasteiger partial charge in [-0.1, -0.05) is 33.3 Å². The maximum absolute atomic E-state index is 4.47. The van der Waals surface area contributed by atoms with Gasteiger partial charge in [-0.2, -0.15) is 0 Å². The lowest BCUT2D eigenvalue weighted by molar-refractivity contribution is 0.408. The molecule has 0 radical (unpaired) electrons. The molecule has 0 saturated heterocycles. The summed E-state index contributed by atoms with van der Waals surface area (Å²) >= 11 is 0. The molecule has 0 heterocycles. The number of aliphatic imine (C=N–C) groups is 1. The van der Waals surface area contributed by atoms with Gasteiger partial charge in [0.05, 0.1) is 0 Å². The summed E-state index contributed by atoms with van der Waals surface area (Å²) < 4.78 is 0. The largest absolute Gasteiger partial charge is 0.293 e. The smallest absolute Gasteiger partial charge is 0.0417 e. The monoisotopic (exact) mass is 195 g/mol. The molecule has 0 aromatic heterocycles. The first-order valence-electron chi connectivity index (χ1n) is 5.72. The summed E-state index contributed by atoms with van der Waals surface area (Å²) in [6.45, 7) is 11.9. The van der Waals surface area contributed by atoms with Crippen molar-refractivity contribution in [2.75, 3.05) is 6.54 Å². The normalized spacial score (nSPS) is 15.4. The summed E-state index contributed by atoms with van der Waals surface area (Å²) in [7, 11) is 0. The summed E-state index contributed by atoms with van der Waals surface area (Å²) in [6.07, 6.45) is 6.61. The van der Waals surface area contributed by atoms with Crippen LogP contribution in [0.25, 0.3) is 0 Å². The number of nitrogens with zero attached hydrogens (tertiary/aromatic N) is 1. The quantitative estimate of drug-likeness (QED) is 0.566. The highest BCUT2D eigenvalue weighted by molar-refractivity contribution is 5.77. The fraction of sp³-hybridized carbons (Fsp3) is 0.769. The molecule has 0 aromatic rings. The van der Waals surface area contributed by atoms with Gasteiger partial charge in [0.2, 0.25) is 0 Å². The van der Waals surface area contributed by atoms with Crippen LogP contribution in [0.1, 0.15) is 47.5 Å². The minimum atomic E-state index is 0.760. The topological polar surface area (TPSA) is 12.4 Å². The molecule has 0 bridgehead atoms. The van der Waals surface area contributed by atoms with E-state index < -0.39 is 0 Å². The SMILES string of the molecule is C/C=C(C)/C=N\CC(CC)CC(C)C. The van der Waals surface area contributed by atoms with E-state index in [9.17, 15) is 0 Å². The molecule has 0 aliphatic carbocycles. The van der Waals surface area contributed by atoms with Gasteiger partial charge in [-0.25, -0.2) is 0 Å². The zero-order valence-electron chi connectivity index (χ0n) is 10.4. The van der Waals surface area contributed by atoms with E-state index in [1.54, 1.807) is 0 Å². The maximum Gasteiger partial charge on any atom is 0.0417 e. The second-order valence-electron chi connectivity index (χ2n) is 4.43. The van der Waals surface area contributed by atoms with E-state index in [-0.39, 0.29) is 0 Å². The average Bonchev–Trinajstić information content (AvgIpc) is 2.15. The van der Waals surface area contributed by atoms with Crippen molar-refractivity contribution in [1.29, 1.82) is 0 Å². The van der Waals surface area contributed by atoms with Gasteiger partial charge >= 0.3 is 0 Å². The van der Waals surface area contributed by atoms with Gasteiger partial charge in [0.15, 0.2) is 0 Å². The molecule has 0 aromatic carbocycles. The van der Waals surface area contributed by atoms with Gasteiger partial charge in [-0.05, 0) is 37.7 Å². The molecular weight excluding hydrogens is 170 g/mol. The third kappa shape index (κ3) is 6.88. The highest BCUT2D eigenvalue weighted by atomic mass is 14.7. The molecule has 0 amide bonds. The standard InChI is InChI=1S/C13H25N/c1-6-12(5)9-14-10-13(7-2)8-11(3)4/h6,9,11,13H,7-8,10H2,1-5H3/b12-6+,14-9-. The average molecular weight is 195 g/mol. The first-order valence-corrected chi connectivity index (χ1v) is 5.72. The van der Waals surface area contributed by atoms with Crippen molar-refractivity contribution < 1.29 is 0 Å². The van der Waals surface area contributed by atoms with Crippen LogP contribution in [0.2, 0.25) is 0 Å². The number of allylic oxidation sites excluding steroid dienone is 2. The van der Waals surface area contributed by atoms with Crippen LogP contribution in [0, 0.1) is 11.8 Å². The molecule has 0 aliphatic heterocycles. The lowest BCUT2D eigenvalue weighted by Crippen LogP contribution is -2.07. The Morgan fingerprint density at radius 3 is 2.43 bits per heavy atom. The molecule has 0 spiro atoms. The maximum atomic E-state index is 4.47. The minimum Gasteiger partial charge on any atom is -0.293 e. The van der Waals surface area contributed by atoms with E-state index in [1.165, 1.54) is 18.4 Å². The Morgan fingerprint density at radius 2 is 2.00 bits per heavy atom. The Kier molecular flexibility index (Phi) is 7.45. The predicted molar refractivity (Wildman–Crippen MR) is 66.0 cm³/mol. The molecule has 0 saturated carbocycles. The Bertz CT molecular complexity index is 189. The van der Waals surface area contributed by atoms with Crippen LogP contribution < -0.4 is 0 Å². The van der Waals surface area contributed by atoms with Crippen molar-refractivity contribution in [3.05, 3.63) is 11.6 Å². The van der Waals surface area contributed by atoms with Gasteiger partial charge in [-0.3, -0.25) is 4.99 Å². The molecule has 0 fully saturated rings. The Hall–Kier alpha value is -0.590. The van der Waals surface area contributed by atoms with Crippen molar-refractivity contribution >= 4 is 6.21 Å². The Balaban J connectivity index is 3.89. The highest BCUT2D eigenvalue weighted by Crippen LogP contribution is 2.15. The van der Waals surface area contributed by atoms with Crippen molar-refractivity contribution in [3.8, 4) is 0 Å². The van der Waals surface area contributed by atoms with Crippen molar-refractivity contribution in [2.24, 2.45) is 16.8 Å². The molecule has 14 heavy (non-hydrogen) atoms. The van der Waals surface area contributed by atoms with Crippen LogP contribution in [-0.4, -0.2) is 12.8 Å². The molecule has 0 N–H and O–H groups in total. The summed E-state index contributed by atoms with van der Waals surface area (Å²) in [6, 6.07) is 0. The molecule has 1 unspecified atom stereocenters. The van der Waals surface area contributed by atoms with E-state index in [0.717, 1.165) is 18.4 Å². The van der Waals surface area contributed by atoms with Crippen LogP contribution >= 0.6 is 0 Å². The van der Waals surface area contributed by atoms with Crippen LogP contribution in [-0.2, 0) is 0 Å². The third-order valence-corrected chi connectivity index (χ3v) is 2.50. The molecule has 1 heteroatoms. The summed E-state index contributed by atoms with van der Waals surface area (Å²) in [4.78, 5) is 4.47. The van der Waals surface area contributed by atoms with E-state index in [2.05, 4.69) is 38.8 Å². The Morgan fingerprint density at radius 1 is 1.36 bits per heavy atom. The van der Waals surface area contributed by atoms with Crippen LogP contribution in [0.5, 0.6) is 0 Å². The summed E-state index contributed by atoms with van der Waals surface area (Å²) in [5.41, 5.74) is 1.25. The van der Waals surface area contributed by atoms with Crippen LogP contribution in [0.3, 0.4) is 0 Å². The number of hydrogen-bond donors (Lipinski definition) is 0. The van der Waals surface area contributed by atoms with Gasteiger partial charge in [-0.15, -0.1) is 0 Å². The molecule has 1 atom stereocenters. The van der Waals surface area contributed by atoms with E-state index in [4.69, 9.17) is 0 Å².